The maximum Gasteiger partial charge on any atom is 0.355 e. The highest BCUT2D eigenvalue weighted by molar-refractivity contribution is 6.03. The first-order chi connectivity index (χ1) is 13.6. The molecule has 0 aromatic heterocycles. The van der Waals surface area contributed by atoms with Gasteiger partial charge in [-0.15, -0.1) is 0 Å². The molecule has 6 heteroatoms. The van der Waals surface area contributed by atoms with E-state index in [2.05, 4.69) is 19.1 Å². The lowest BCUT2D eigenvalue weighted by molar-refractivity contribution is -0.140. The third-order valence-electron chi connectivity index (χ3n) is 4.90. The average molecular weight is 389 g/mol. The first-order valence-corrected chi connectivity index (χ1v) is 9.96. The second-order valence-corrected chi connectivity index (χ2v) is 6.90. The average Bonchev–Trinajstić information content (AvgIpc) is 2.75. The van der Waals surface area contributed by atoms with Crippen LogP contribution in [0.4, 0.5) is 5.69 Å². The number of ether oxygens (including phenoxy) is 3. The molecule has 0 amide bonds. The molecule has 28 heavy (non-hydrogen) atoms. The number of nitrogens with zero attached hydrogens (tertiary/aromatic N) is 1. The zero-order chi connectivity index (χ0) is 20.4. The Kier molecular flexibility index (Phi) is 9.01. The summed E-state index contributed by atoms with van der Waals surface area (Å²) < 4.78 is 15.2. The van der Waals surface area contributed by atoms with Gasteiger partial charge in [-0.05, 0) is 30.5 Å². The molecule has 2 rings (SSSR count). The van der Waals surface area contributed by atoms with Crippen molar-refractivity contribution in [1.29, 1.82) is 0 Å². The Morgan fingerprint density at radius 2 is 1.61 bits per heavy atom. The molecule has 0 fully saturated rings. The topological polar surface area (TPSA) is 65.1 Å². The number of methoxy groups -OCH3 is 2. The predicted octanol–water partition coefficient (Wildman–Crippen LogP) is 3.98. The number of esters is 2. The quantitative estimate of drug-likeness (QED) is 0.445. The summed E-state index contributed by atoms with van der Waals surface area (Å²) >= 11 is 0. The molecule has 0 aliphatic carbocycles. The molecule has 0 saturated heterocycles. The zero-order valence-electron chi connectivity index (χ0n) is 17.2. The number of carbonyl (C=O) groups is 2. The van der Waals surface area contributed by atoms with Crippen LogP contribution in [0.2, 0.25) is 0 Å². The second-order valence-electron chi connectivity index (χ2n) is 6.90. The molecular formula is C22H31NO5. The first kappa shape index (κ1) is 22.0. The molecule has 0 saturated carbocycles. The van der Waals surface area contributed by atoms with Crippen molar-refractivity contribution >= 4 is 17.6 Å². The van der Waals surface area contributed by atoms with Gasteiger partial charge in [0.1, 0.15) is 12.4 Å². The van der Waals surface area contributed by atoms with E-state index in [4.69, 9.17) is 14.2 Å². The van der Waals surface area contributed by atoms with Crippen molar-refractivity contribution in [1.82, 2.24) is 0 Å². The summed E-state index contributed by atoms with van der Waals surface area (Å²) in [5.74, 6) is -1.18. The van der Waals surface area contributed by atoms with Crippen LogP contribution in [0, 0.1) is 0 Å². The van der Waals surface area contributed by atoms with E-state index in [9.17, 15) is 9.59 Å². The van der Waals surface area contributed by atoms with Crippen LogP contribution in [0.25, 0.3) is 0 Å². The highest BCUT2D eigenvalue weighted by atomic mass is 16.5. The van der Waals surface area contributed by atoms with Crippen molar-refractivity contribution in [2.75, 3.05) is 32.5 Å². The highest BCUT2D eigenvalue weighted by Crippen LogP contribution is 2.27. The number of unbranched alkanes of at least 4 members (excludes halogenated alkanes) is 5. The van der Waals surface area contributed by atoms with Gasteiger partial charge in [0.25, 0.3) is 0 Å². The number of carbonyl (C=O) groups excluding carboxylic acids is 2. The van der Waals surface area contributed by atoms with Crippen LogP contribution in [-0.2, 0) is 30.2 Å². The van der Waals surface area contributed by atoms with E-state index < -0.39 is 11.9 Å². The van der Waals surface area contributed by atoms with Gasteiger partial charge >= 0.3 is 11.9 Å². The van der Waals surface area contributed by atoms with Gasteiger partial charge in [0.05, 0.1) is 26.4 Å². The minimum atomic E-state index is -0.593. The molecule has 1 aliphatic rings. The lowest BCUT2D eigenvalue weighted by Crippen LogP contribution is -2.38. The smallest absolute Gasteiger partial charge is 0.355 e. The van der Waals surface area contributed by atoms with Crippen molar-refractivity contribution in [2.24, 2.45) is 0 Å². The lowest BCUT2D eigenvalue weighted by Gasteiger charge is -2.31. The normalized spacial score (nSPS) is 14.2. The van der Waals surface area contributed by atoms with E-state index in [1.807, 2.05) is 12.1 Å². The van der Waals surface area contributed by atoms with E-state index in [1.54, 1.807) is 4.90 Å². The van der Waals surface area contributed by atoms with Gasteiger partial charge in [0.2, 0.25) is 0 Å². The maximum atomic E-state index is 12.3. The second kappa shape index (κ2) is 11.5. The van der Waals surface area contributed by atoms with Crippen LogP contribution in [0.5, 0.6) is 0 Å². The molecule has 1 aromatic carbocycles. The van der Waals surface area contributed by atoms with E-state index >= 15 is 0 Å². The molecule has 1 heterocycles. The highest BCUT2D eigenvalue weighted by Gasteiger charge is 2.32. The fourth-order valence-corrected chi connectivity index (χ4v) is 3.30. The van der Waals surface area contributed by atoms with E-state index in [-0.39, 0.29) is 24.6 Å². The lowest BCUT2D eigenvalue weighted by atomic mass is 10.0. The van der Waals surface area contributed by atoms with E-state index in [0.717, 1.165) is 12.1 Å². The summed E-state index contributed by atoms with van der Waals surface area (Å²) in [4.78, 5) is 26.0. The molecule has 0 N–H and O–H groups in total. The van der Waals surface area contributed by atoms with E-state index in [0.29, 0.717) is 0 Å². The molecule has 0 bridgehead atoms. The predicted molar refractivity (Wildman–Crippen MR) is 108 cm³/mol. The van der Waals surface area contributed by atoms with Gasteiger partial charge in [0, 0.05) is 5.69 Å². The minimum absolute atomic E-state index is 0.0176. The van der Waals surface area contributed by atoms with Gasteiger partial charge < -0.3 is 19.1 Å². The number of anilines is 1. The van der Waals surface area contributed by atoms with Crippen LogP contribution in [0.3, 0.4) is 0 Å². The maximum absolute atomic E-state index is 12.3. The van der Waals surface area contributed by atoms with Crippen molar-refractivity contribution in [3.8, 4) is 0 Å². The summed E-state index contributed by atoms with van der Waals surface area (Å²) in [7, 11) is 2.57. The summed E-state index contributed by atoms with van der Waals surface area (Å²) in [6, 6.07) is 8.00. The van der Waals surface area contributed by atoms with Gasteiger partial charge in [0.15, 0.2) is 0 Å². The van der Waals surface area contributed by atoms with Gasteiger partial charge in [-0.2, -0.15) is 0 Å². The number of benzene rings is 1. The number of hydrogen-bond donors (Lipinski definition) is 0. The SMILES string of the molecule is CCCCCCCCc1ccc(N2COCC(C(=O)OC)=C2C(=O)OC)cc1. The molecule has 154 valence electrons. The number of aryl methyl sites for hydroxylation is 1. The zero-order valence-corrected chi connectivity index (χ0v) is 17.2. The minimum Gasteiger partial charge on any atom is -0.466 e. The molecular weight excluding hydrogens is 358 g/mol. The number of rotatable bonds is 10. The van der Waals surface area contributed by atoms with Crippen molar-refractivity contribution in [3.05, 3.63) is 41.1 Å². The van der Waals surface area contributed by atoms with Crippen LogP contribution >= 0.6 is 0 Å². The Hall–Kier alpha value is -2.34. The molecule has 1 aliphatic heterocycles. The third kappa shape index (κ3) is 5.83. The Balaban J connectivity index is 2.08. The van der Waals surface area contributed by atoms with Crippen molar-refractivity contribution in [3.63, 3.8) is 0 Å². The standard InChI is InChI=1S/C22H31NO5/c1-4-5-6-7-8-9-10-17-11-13-18(14-12-17)23-16-28-15-19(21(24)26-2)20(23)22(25)27-3/h11-14H,4-10,15-16H2,1-3H3. The molecule has 0 atom stereocenters. The third-order valence-corrected chi connectivity index (χ3v) is 4.90. The molecule has 0 radical (unpaired) electrons. The van der Waals surface area contributed by atoms with Crippen molar-refractivity contribution < 1.29 is 23.8 Å². The fraction of sp³-hybridized carbons (Fsp3) is 0.545. The van der Waals surface area contributed by atoms with Gasteiger partial charge in [-0.3, -0.25) is 0 Å². The first-order valence-electron chi connectivity index (χ1n) is 9.96. The Labute approximate surface area is 167 Å². The molecule has 1 aromatic rings. The van der Waals surface area contributed by atoms with Crippen LogP contribution < -0.4 is 4.90 Å². The summed E-state index contributed by atoms with van der Waals surface area (Å²) in [6.07, 6.45) is 8.65. The molecule has 0 spiro atoms. The molecule has 0 unspecified atom stereocenters. The summed E-state index contributed by atoms with van der Waals surface area (Å²) in [5.41, 5.74) is 2.36. The van der Waals surface area contributed by atoms with Gasteiger partial charge in [-0.25, -0.2) is 9.59 Å². The Morgan fingerprint density at radius 1 is 0.964 bits per heavy atom. The summed E-state index contributed by atoms with van der Waals surface area (Å²) in [6.45, 7) is 2.41. The van der Waals surface area contributed by atoms with Crippen LogP contribution in [0.1, 0.15) is 51.0 Å². The Bertz CT molecular complexity index is 681. The number of hydrogen-bond acceptors (Lipinski definition) is 6. The van der Waals surface area contributed by atoms with Crippen molar-refractivity contribution in [2.45, 2.75) is 51.9 Å². The Morgan fingerprint density at radius 3 is 2.25 bits per heavy atom. The van der Waals surface area contributed by atoms with Crippen LogP contribution in [0.15, 0.2) is 35.5 Å². The van der Waals surface area contributed by atoms with Crippen LogP contribution in [-0.4, -0.2) is 39.5 Å². The summed E-state index contributed by atoms with van der Waals surface area (Å²) in [5, 5.41) is 0. The monoisotopic (exact) mass is 389 g/mol. The molecule has 6 nitrogen and oxygen atoms in total. The fourth-order valence-electron chi connectivity index (χ4n) is 3.30. The van der Waals surface area contributed by atoms with Gasteiger partial charge in [-0.1, -0.05) is 51.2 Å². The van der Waals surface area contributed by atoms with E-state index in [1.165, 1.54) is 58.3 Å². The largest absolute Gasteiger partial charge is 0.466 e.